The summed E-state index contributed by atoms with van der Waals surface area (Å²) in [6.07, 6.45) is 1.69. The standard InChI is InChI=1S/C13H18N2O/c1-3-10(2)15-12-7-5-4-6-11(12)14-13(15)8-9-16/h4-7,10,16H,3,8-9H2,1-2H3. The van der Waals surface area contributed by atoms with Gasteiger partial charge in [0.15, 0.2) is 0 Å². The van der Waals surface area contributed by atoms with Gasteiger partial charge in [-0.15, -0.1) is 0 Å². The van der Waals surface area contributed by atoms with Crippen LogP contribution in [0.1, 0.15) is 32.1 Å². The van der Waals surface area contributed by atoms with Crippen molar-refractivity contribution in [1.82, 2.24) is 9.55 Å². The lowest BCUT2D eigenvalue weighted by Crippen LogP contribution is -2.09. The van der Waals surface area contributed by atoms with Crippen molar-refractivity contribution in [2.24, 2.45) is 0 Å². The van der Waals surface area contributed by atoms with E-state index in [2.05, 4.69) is 29.5 Å². The summed E-state index contributed by atoms with van der Waals surface area (Å²) >= 11 is 0. The average molecular weight is 218 g/mol. The number of nitrogens with zero attached hydrogens (tertiary/aromatic N) is 2. The van der Waals surface area contributed by atoms with Gasteiger partial charge in [-0.1, -0.05) is 19.1 Å². The first kappa shape index (κ1) is 11.1. The molecule has 0 amide bonds. The number of aliphatic hydroxyl groups excluding tert-OH is 1. The minimum Gasteiger partial charge on any atom is -0.396 e. The normalized spacial score (nSPS) is 13.2. The Morgan fingerprint density at radius 3 is 2.81 bits per heavy atom. The second kappa shape index (κ2) is 4.66. The van der Waals surface area contributed by atoms with Crippen molar-refractivity contribution < 1.29 is 5.11 Å². The number of para-hydroxylation sites is 2. The second-order valence-corrected chi connectivity index (χ2v) is 4.12. The van der Waals surface area contributed by atoms with E-state index in [0.29, 0.717) is 12.5 Å². The van der Waals surface area contributed by atoms with E-state index in [-0.39, 0.29) is 6.61 Å². The topological polar surface area (TPSA) is 38.0 Å². The molecule has 1 heterocycles. The predicted molar refractivity (Wildman–Crippen MR) is 65.5 cm³/mol. The summed E-state index contributed by atoms with van der Waals surface area (Å²) in [6, 6.07) is 8.57. The number of imidazole rings is 1. The molecule has 3 nitrogen and oxygen atoms in total. The third kappa shape index (κ3) is 1.83. The minimum atomic E-state index is 0.153. The van der Waals surface area contributed by atoms with E-state index >= 15 is 0 Å². The minimum absolute atomic E-state index is 0.153. The lowest BCUT2D eigenvalue weighted by atomic mass is 10.2. The zero-order valence-electron chi connectivity index (χ0n) is 9.85. The summed E-state index contributed by atoms with van der Waals surface area (Å²) in [5, 5.41) is 9.07. The molecule has 16 heavy (non-hydrogen) atoms. The van der Waals surface area contributed by atoms with Gasteiger partial charge < -0.3 is 9.67 Å². The molecule has 0 aliphatic heterocycles. The smallest absolute Gasteiger partial charge is 0.112 e. The molecule has 0 saturated heterocycles. The summed E-state index contributed by atoms with van der Waals surface area (Å²) in [5.74, 6) is 0.984. The Bertz CT molecular complexity index is 476. The lowest BCUT2D eigenvalue weighted by Gasteiger charge is -2.15. The zero-order chi connectivity index (χ0) is 11.5. The fourth-order valence-electron chi connectivity index (χ4n) is 2.05. The van der Waals surface area contributed by atoms with E-state index in [1.165, 1.54) is 5.52 Å². The third-order valence-electron chi connectivity index (χ3n) is 3.04. The SMILES string of the molecule is CCC(C)n1c(CCO)nc2ccccc21. The van der Waals surface area contributed by atoms with Crippen LogP contribution in [0.2, 0.25) is 0 Å². The van der Waals surface area contributed by atoms with Crippen LogP contribution in [0.15, 0.2) is 24.3 Å². The van der Waals surface area contributed by atoms with Gasteiger partial charge in [-0.05, 0) is 25.5 Å². The fraction of sp³-hybridized carbons (Fsp3) is 0.462. The van der Waals surface area contributed by atoms with E-state index in [1.54, 1.807) is 0 Å². The van der Waals surface area contributed by atoms with Gasteiger partial charge in [-0.25, -0.2) is 4.98 Å². The van der Waals surface area contributed by atoms with E-state index in [1.807, 2.05) is 18.2 Å². The Kier molecular flexibility index (Phi) is 3.25. The highest BCUT2D eigenvalue weighted by atomic mass is 16.3. The molecule has 0 aliphatic carbocycles. The maximum absolute atomic E-state index is 9.07. The molecule has 1 unspecified atom stereocenters. The summed E-state index contributed by atoms with van der Waals surface area (Å²) in [7, 11) is 0. The lowest BCUT2D eigenvalue weighted by molar-refractivity contribution is 0.293. The first-order valence-corrected chi connectivity index (χ1v) is 5.84. The molecule has 0 saturated carbocycles. The maximum Gasteiger partial charge on any atom is 0.112 e. The van der Waals surface area contributed by atoms with Gasteiger partial charge in [-0.2, -0.15) is 0 Å². The molecule has 1 N–H and O–H groups in total. The molecule has 1 atom stereocenters. The summed E-state index contributed by atoms with van der Waals surface area (Å²) in [4.78, 5) is 4.57. The highest BCUT2D eigenvalue weighted by Gasteiger charge is 2.13. The van der Waals surface area contributed by atoms with Crippen LogP contribution in [0.3, 0.4) is 0 Å². The Balaban J connectivity index is 2.59. The van der Waals surface area contributed by atoms with Crippen LogP contribution < -0.4 is 0 Å². The Labute approximate surface area is 95.7 Å². The maximum atomic E-state index is 9.07. The number of aliphatic hydroxyl groups is 1. The molecule has 2 rings (SSSR count). The van der Waals surface area contributed by atoms with Gasteiger partial charge >= 0.3 is 0 Å². The highest BCUT2D eigenvalue weighted by molar-refractivity contribution is 5.76. The van der Waals surface area contributed by atoms with Crippen LogP contribution in [0.25, 0.3) is 11.0 Å². The van der Waals surface area contributed by atoms with E-state index < -0.39 is 0 Å². The molecule has 2 aromatic rings. The number of aromatic nitrogens is 2. The fourth-order valence-corrected chi connectivity index (χ4v) is 2.05. The highest BCUT2D eigenvalue weighted by Crippen LogP contribution is 2.22. The predicted octanol–water partition coefficient (Wildman–Crippen LogP) is 2.54. The van der Waals surface area contributed by atoms with Crippen molar-refractivity contribution in [3.63, 3.8) is 0 Å². The van der Waals surface area contributed by atoms with E-state index in [4.69, 9.17) is 5.11 Å². The second-order valence-electron chi connectivity index (χ2n) is 4.12. The number of benzene rings is 1. The van der Waals surface area contributed by atoms with Crippen LogP contribution in [-0.4, -0.2) is 21.3 Å². The molecule has 1 aromatic carbocycles. The first-order chi connectivity index (χ1) is 7.77. The van der Waals surface area contributed by atoms with Crippen LogP contribution in [0, 0.1) is 0 Å². The molecule has 0 spiro atoms. The van der Waals surface area contributed by atoms with Crippen LogP contribution in [-0.2, 0) is 6.42 Å². The van der Waals surface area contributed by atoms with Crippen molar-refractivity contribution in [3.05, 3.63) is 30.1 Å². The average Bonchev–Trinajstić information content (AvgIpc) is 2.66. The van der Waals surface area contributed by atoms with Gasteiger partial charge in [0.1, 0.15) is 5.82 Å². The van der Waals surface area contributed by atoms with Crippen molar-refractivity contribution in [2.75, 3.05) is 6.61 Å². The molecule has 86 valence electrons. The number of fused-ring (bicyclic) bond motifs is 1. The molecule has 1 aromatic heterocycles. The molecule has 0 bridgehead atoms. The third-order valence-corrected chi connectivity index (χ3v) is 3.04. The largest absolute Gasteiger partial charge is 0.396 e. The summed E-state index contributed by atoms with van der Waals surface area (Å²) < 4.78 is 2.24. The van der Waals surface area contributed by atoms with Crippen LogP contribution in [0.4, 0.5) is 0 Å². The van der Waals surface area contributed by atoms with E-state index in [9.17, 15) is 0 Å². The summed E-state index contributed by atoms with van der Waals surface area (Å²) in [5.41, 5.74) is 2.19. The molecular formula is C13H18N2O. The van der Waals surface area contributed by atoms with Crippen LogP contribution in [0.5, 0.6) is 0 Å². The number of hydrogen-bond acceptors (Lipinski definition) is 2. The summed E-state index contributed by atoms with van der Waals surface area (Å²) in [6.45, 7) is 4.51. The first-order valence-electron chi connectivity index (χ1n) is 5.84. The van der Waals surface area contributed by atoms with Crippen molar-refractivity contribution in [2.45, 2.75) is 32.7 Å². The number of rotatable bonds is 4. The Morgan fingerprint density at radius 2 is 2.12 bits per heavy atom. The number of hydrogen-bond donors (Lipinski definition) is 1. The van der Waals surface area contributed by atoms with Crippen molar-refractivity contribution >= 4 is 11.0 Å². The monoisotopic (exact) mass is 218 g/mol. The quantitative estimate of drug-likeness (QED) is 0.856. The zero-order valence-corrected chi connectivity index (χ0v) is 9.85. The van der Waals surface area contributed by atoms with Gasteiger partial charge in [0, 0.05) is 12.5 Å². The molecule has 0 radical (unpaired) electrons. The molecule has 0 fully saturated rings. The molecule has 3 heteroatoms. The van der Waals surface area contributed by atoms with Crippen molar-refractivity contribution in [3.8, 4) is 0 Å². The molecular weight excluding hydrogens is 200 g/mol. The van der Waals surface area contributed by atoms with Gasteiger partial charge in [0.05, 0.1) is 17.6 Å². The van der Waals surface area contributed by atoms with Gasteiger partial charge in [0.2, 0.25) is 0 Å². The van der Waals surface area contributed by atoms with Crippen molar-refractivity contribution in [1.29, 1.82) is 0 Å². The van der Waals surface area contributed by atoms with E-state index in [0.717, 1.165) is 17.8 Å². The Hall–Kier alpha value is -1.35. The molecule has 0 aliphatic rings. The van der Waals surface area contributed by atoms with Gasteiger partial charge in [-0.3, -0.25) is 0 Å². The van der Waals surface area contributed by atoms with Crippen LogP contribution >= 0.6 is 0 Å². The Morgan fingerprint density at radius 1 is 1.38 bits per heavy atom. The van der Waals surface area contributed by atoms with Gasteiger partial charge in [0.25, 0.3) is 0 Å².